The molecular weight excluding hydrogens is 188 g/mol. The van der Waals surface area contributed by atoms with E-state index >= 15 is 0 Å². The Kier molecular flexibility index (Phi) is 2.45. The van der Waals surface area contributed by atoms with E-state index in [1.54, 1.807) is 0 Å². The molecule has 0 amide bonds. The van der Waals surface area contributed by atoms with Crippen LogP contribution in [0.2, 0.25) is 0 Å². The van der Waals surface area contributed by atoms with Crippen LogP contribution in [0.25, 0.3) is 0 Å². The molecule has 1 aliphatic rings. The van der Waals surface area contributed by atoms with Crippen LogP contribution in [0.5, 0.6) is 0 Å². The van der Waals surface area contributed by atoms with Crippen LogP contribution in [0, 0.1) is 0 Å². The molecule has 0 radical (unpaired) electrons. The molecule has 1 N–H and O–H groups in total. The topological polar surface area (TPSA) is 20.2 Å². The molecule has 13 heavy (non-hydrogen) atoms. The van der Waals surface area contributed by atoms with Gasteiger partial charge in [0.25, 0.3) is 0 Å². The quantitative estimate of drug-likeness (QED) is 0.502. The molecule has 1 aliphatic carbocycles. The Morgan fingerprint density at radius 1 is 1.38 bits per heavy atom. The van der Waals surface area contributed by atoms with E-state index in [9.17, 15) is 17.6 Å². The van der Waals surface area contributed by atoms with Crippen molar-refractivity contribution >= 4 is 0 Å². The van der Waals surface area contributed by atoms with Crippen LogP contribution >= 0.6 is 0 Å². The van der Waals surface area contributed by atoms with Crippen molar-refractivity contribution in [2.24, 2.45) is 0 Å². The zero-order chi connectivity index (χ0) is 10.1. The lowest BCUT2D eigenvalue weighted by Gasteiger charge is -2.22. The Morgan fingerprint density at radius 2 is 2.00 bits per heavy atom. The van der Waals surface area contributed by atoms with Crippen LogP contribution in [0.4, 0.5) is 17.6 Å². The van der Waals surface area contributed by atoms with Crippen molar-refractivity contribution < 1.29 is 22.7 Å². The van der Waals surface area contributed by atoms with Crippen molar-refractivity contribution in [1.82, 2.24) is 0 Å². The summed E-state index contributed by atoms with van der Waals surface area (Å²) >= 11 is 0. The number of aliphatic hydroxyl groups excluding tert-OH is 1. The van der Waals surface area contributed by atoms with Crippen molar-refractivity contribution in [3.05, 3.63) is 36.1 Å². The molecule has 0 bridgehead atoms. The molecule has 0 aromatic heterocycles. The summed E-state index contributed by atoms with van der Waals surface area (Å²) in [4.78, 5) is 0. The summed E-state index contributed by atoms with van der Waals surface area (Å²) in [5.74, 6) is -2.92. The first kappa shape index (κ1) is 9.83. The van der Waals surface area contributed by atoms with Crippen LogP contribution in [0.1, 0.15) is 0 Å². The third-order valence-electron chi connectivity index (χ3n) is 1.62. The molecule has 0 saturated carbocycles. The maximum absolute atomic E-state index is 13.2. The first-order valence-corrected chi connectivity index (χ1v) is 3.40. The molecule has 2 unspecified atom stereocenters. The highest BCUT2D eigenvalue weighted by Gasteiger charge is 2.39. The van der Waals surface area contributed by atoms with Crippen LogP contribution < -0.4 is 0 Å². The molecular formula is C8H6F4O. The van der Waals surface area contributed by atoms with E-state index in [0.29, 0.717) is 6.08 Å². The van der Waals surface area contributed by atoms with Crippen molar-refractivity contribution in [1.29, 1.82) is 0 Å². The standard InChI is InChI=1S/C8H6F4O/c9-5-3-7(11)8(12,1-2-13)4-6(5)10/h1-4,7,13H. The Hall–Kier alpha value is -1.26. The zero-order valence-electron chi connectivity index (χ0n) is 6.35. The number of rotatable bonds is 1. The summed E-state index contributed by atoms with van der Waals surface area (Å²) in [7, 11) is 0. The van der Waals surface area contributed by atoms with Crippen molar-refractivity contribution in [3.8, 4) is 0 Å². The Morgan fingerprint density at radius 3 is 2.54 bits per heavy atom. The van der Waals surface area contributed by atoms with Crippen LogP contribution in [0.15, 0.2) is 36.1 Å². The normalized spacial score (nSPS) is 34.6. The summed E-state index contributed by atoms with van der Waals surface area (Å²) < 4.78 is 50.8. The second-order valence-corrected chi connectivity index (χ2v) is 2.55. The molecule has 0 fully saturated rings. The predicted octanol–water partition coefficient (Wildman–Crippen LogP) is 2.82. The van der Waals surface area contributed by atoms with Gasteiger partial charge < -0.3 is 5.11 Å². The molecule has 0 spiro atoms. The lowest BCUT2D eigenvalue weighted by molar-refractivity contribution is 0.163. The lowest BCUT2D eigenvalue weighted by atomic mass is 9.94. The Bertz CT molecular complexity index is 295. The molecule has 5 heteroatoms. The average Bonchev–Trinajstić information content (AvgIpc) is 2.02. The van der Waals surface area contributed by atoms with Gasteiger partial charge >= 0.3 is 0 Å². The van der Waals surface area contributed by atoms with Crippen molar-refractivity contribution in [3.63, 3.8) is 0 Å². The van der Waals surface area contributed by atoms with Crippen LogP contribution in [0.3, 0.4) is 0 Å². The number of halogens is 4. The molecule has 2 atom stereocenters. The molecule has 0 aromatic carbocycles. The van der Waals surface area contributed by atoms with E-state index < -0.39 is 23.5 Å². The van der Waals surface area contributed by atoms with E-state index in [1.165, 1.54) is 0 Å². The molecule has 1 nitrogen and oxygen atoms in total. The maximum atomic E-state index is 13.2. The second-order valence-electron chi connectivity index (χ2n) is 2.55. The van der Waals surface area contributed by atoms with E-state index in [-0.39, 0.29) is 18.4 Å². The zero-order valence-corrected chi connectivity index (χ0v) is 6.35. The number of allylic oxidation sites excluding steroid dienone is 5. The number of alkyl halides is 2. The Balaban J connectivity index is 3.05. The van der Waals surface area contributed by atoms with Gasteiger partial charge in [-0.05, 0) is 18.2 Å². The maximum Gasteiger partial charge on any atom is 0.188 e. The summed E-state index contributed by atoms with van der Waals surface area (Å²) in [6, 6.07) is 0. The van der Waals surface area contributed by atoms with Gasteiger partial charge in [0.1, 0.15) is 0 Å². The van der Waals surface area contributed by atoms with Crippen LogP contribution in [-0.2, 0) is 0 Å². The van der Waals surface area contributed by atoms with Gasteiger partial charge in [-0.1, -0.05) is 0 Å². The fourth-order valence-electron chi connectivity index (χ4n) is 0.933. The third-order valence-corrected chi connectivity index (χ3v) is 1.62. The minimum atomic E-state index is -2.81. The van der Waals surface area contributed by atoms with Gasteiger partial charge in [0.15, 0.2) is 23.5 Å². The summed E-state index contributed by atoms with van der Waals surface area (Å²) in [5, 5.41) is 8.20. The second kappa shape index (κ2) is 3.24. The minimum absolute atomic E-state index is 0.139. The lowest BCUT2D eigenvalue weighted by Crippen LogP contribution is -2.31. The average molecular weight is 194 g/mol. The number of hydrogen-bond acceptors (Lipinski definition) is 1. The smallest absolute Gasteiger partial charge is 0.188 e. The predicted molar refractivity (Wildman–Crippen MR) is 38.9 cm³/mol. The molecule has 0 aromatic rings. The van der Waals surface area contributed by atoms with Gasteiger partial charge in [-0.15, -0.1) is 0 Å². The molecule has 1 rings (SSSR count). The van der Waals surface area contributed by atoms with Crippen molar-refractivity contribution in [2.75, 3.05) is 0 Å². The monoisotopic (exact) mass is 194 g/mol. The Labute approximate surface area is 71.7 Å². The summed E-state index contributed by atoms with van der Waals surface area (Å²) in [6.07, 6.45) is -1.38. The molecule has 0 aliphatic heterocycles. The molecule has 72 valence electrons. The van der Waals surface area contributed by atoms with Gasteiger partial charge in [-0.2, -0.15) is 0 Å². The first-order valence-electron chi connectivity index (χ1n) is 3.40. The highest BCUT2D eigenvalue weighted by atomic mass is 19.2. The van der Waals surface area contributed by atoms with Gasteiger partial charge in [-0.25, -0.2) is 17.6 Å². The van der Waals surface area contributed by atoms with E-state index in [2.05, 4.69) is 0 Å². The van der Waals surface area contributed by atoms with E-state index in [1.807, 2.05) is 0 Å². The van der Waals surface area contributed by atoms with E-state index in [4.69, 9.17) is 5.11 Å². The fourth-order valence-corrected chi connectivity index (χ4v) is 0.933. The number of hydrogen-bond donors (Lipinski definition) is 1. The summed E-state index contributed by atoms with van der Waals surface area (Å²) in [6.45, 7) is 0. The number of aliphatic hydroxyl groups is 1. The largest absolute Gasteiger partial charge is 0.516 e. The van der Waals surface area contributed by atoms with Gasteiger partial charge in [0, 0.05) is 0 Å². The van der Waals surface area contributed by atoms with E-state index in [0.717, 1.165) is 0 Å². The van der Waals surface area contributed by atoms with Crippen LogP contribution in [-0.4, -0.2) is 16.9 Å². The van der Waals surface area contributed by atoms with Crippen molar-refractivity contribution in [2.45, 2.75) is 11.8 Å². The summed E-state index contributed by atoms with van der Waals surface area (Å²) in [5.41, 5.74) is -2.81. The van der Waals surface area contributed by atoms with Gasteiger partial charge in [0.2, 0.25) is 0 Å². The highest BCUT2D eigenvalue weighted by molar-refractivity contribution is 5.35. The van der Waals surface area contributed by atoms with Gasteiger partial charge in [0.05, 0.1) is 6.26 Å². The third kappa shape index (κ3) is 1.74. The first-order chi connectivity index (χ1) is 5.99. The van der Waals surface area contributed by atoms with Gasteiger partial charge in [-0.3, -0.25) is 0 Å². The highest BCUT2D eigenvalue weighted by Crippen LogP contribution is 2.34. The minimum Gasteiger partial charge on any atom is -0.516 e. The SMILES string of the molecule is OC=CC1(F)C=C(F)C(F)=CC1F. The molecule has 0 heterocycles. The molecule has 0 saturated heterocycles. The fraction of sp³-hybridized carbons (Fsp3) is 0.250.